The Balaban J connectivity index is 1.40. The summed E-state index contributed by atoms with van der Waals surface area (Å²) in [5.41, 5.74) is 31.0. The lowest BCUT2D eigenvalue weighted by Crippen LogP contribution is -2.62. The molecular formula is C68H78B2N2. The summed E-state index contributed by atoms with van der Waals surface area (Å²) in [5, 5.41) is 5.47. The van der Waals surface area contributed by atoms with Gasteiger partial charge in [-0.3, -0.25) is 0 Å². The van der Waals surface area contributed by atoms with Crippen molar-refractivity contribution >= 4 is 89.8 Å². The Morgan fingerprint density at radius 1 is 0.306 bits per heavy atom. The van der Waals surface area contributed by atoms with Crippen molar-refractivity contribution in [3.8, 4) is 11.4 Å². The second kappa shape index (κ2) is 17.5. The van der Waals surface area contributed by atoms with Crippen molar-refractivity contribution in [1.29, 1.82) is 0 Å². The van der Waals surface area contributed by atoms with Gasteiger partial charge in [0.15, 0.2) is 0 Å². The molecule has 4 heteroatoms. The first kappa shape index (κ1) is 48.5. The van der Waals surface area contributed by atoms with Crippen LogP contribution in [0.25, 0.3) is 55.0 Å². The van der Waals surface area contributed by atoms with E-state index in [1.807, 2.05) is 0 Å². The van der Waals surface area contributed by atoms with Crippen LogP contribution in [0.1, 0.15) is 214 Å². The van der Waals surface area contributed by atoms with Crippen molar-refractivity contribution in [2.45, 2.75) is 172 Å². The van der Waals surface area contributed by atoms with Gasteiger partial charge >= 0.3 is 0 Å². The highest BCUT2D eigenvalue weighted by atomic mass is 15.0. The van der Waals surface area contributed by atoms with Gasteiger partial charge in [-0.1, -0.05) is 181 Å². The number of aromatic nitrogens is 2. The van der Waals surface area contributed by atoms with Crippen molar-refractivity contribution in [1.82, 2.24) is 9.13 Å². The maximum Gasteiger partial charge on any atom is 0.247 e. The van der Waals surface area contributed by atoms with Gasteiger partial charge in [-0.15, -0.1) is 0 Å². The van der Waals surface area contributed by atoms with Crippen molar-refractivity contribution < 1.29 is 0 Å². The van der Waals surface area contributed by atoms with Crippen LogP contribution >= 0.6 is 0 Å². The van der Waals surface area contributed by atoms with Gasteiger partial charge in [-0.05, 0) is 176 Å². The standard InChI is InChI=1S/C68H78B2N2/c1-35(2)45-25-49(39(9)10)65(50(26-45)40(11)12)69-57-33-64-58(34-63(57)71-61-21-19-43(17)23-53(61)55-29-47(37(5)6)31-59(69)67(55)71)70(66-51(41(13)14)27-46(36(3)4)28-52(66)42(15)16)60-32-48(38(7)8)30-56-54-24-44(18)20-22-62(54)72(64)68(56)60/h19-42H,1-18H3. The molecule has 2 aliphatic heterocycles. The van der Waals surface area contributed by atoms with Gasteiger partial charge in [0.25, 0.3) is 0 Å². The number of nitrogens with zero attached hydrogens (tertiary/aromatic N) is 2. The molecule has 2 aliphatic rings. The molecule has 0 saturated carbocycles. The van der Waals surface area contributed by atoms with Gasteiger partial charge in [0.05, 0.1) is 11.0 Å². The van der Waals surface area contributed by atoms with Crippen molar-refractivity contribution in [2.24, 2.45) is 0 Å². The summed E-state index contributed by atoms with van der Waals surface area (Å²) < 4.78 is 5.45. The minimum absolute atomic E-state index is 0.0194. The Morgan fingerprint density at radius 2 is 0.611 bits per heavy atom. The molecule has 11 rings (SSSR count). The molecule has 0 radical (unpaired) electrons. The molecule has 0 spiro atoms. The molecule has 0 unspecified atom stereocenters. The third kappa shape index (κ3) is 7.26. The quantitative estimate of drug-likeness (QED) is 0.121. The first-order valence-electron chi connectivity index (χ1n) is 27.9. The van der Waals surface area contributed by atoms with E-state index in [4.69, 9.17) is 0 Å². The summed E-state index contributed by atoms with van der Waals surface area (Å²) in [6, 6.07) is 40.7. The molecule has 72 heavy (non-hydrogen) atoms. The zero-order chi connectivity index (χ0) is 51.3. The Hall–Kier alpha value is -5.73. The molecule has 0 N–H and O–H groups in total. The lowest BCUT2D eigenvalue weighted by Gasteiger charge is -2.36. The molecule has 0 bridgehead atoms. The third-order valence-corrected chi connectivity index (χ3v) is 17.3. The fourth-order valence-electron chi connectivity index (χ4n) is 13.3. The van der Waals surface area contributed by atoms with Crippen LogP contribution in [0, 0.1) is 13.8 Å². The second-order valence-electron chi connectivity index (χ2n) is 25.0. The molecular weight excluding hydrogens is 866 g/mol. The highest BCUT2D eigenvalue weighted by molar-refractivity contribution is 7.00. The van der Waals surface area contributed by atoms with E-state index in [0.29, 0.717) is 47.3 Å². The fraction of sp³-hybridized carbons (Fsp3) is 0.382. The van der Waals surface area contributed by atoms with E-state index in [2.05, 4.69) is 231 Å². The SMILES string of the molecule is Cc1ccc2c(c1)c1cc(C(C)C)cc3c1n2-c1cc2c(cc1B3c1c(C(C)C)cc(C(C)C)cc1C(C)C)-n1c3ccc(C)cc3c3cc(C(C)C)cc(c31)B2c1c(C(C)C)cc(C(C)C)cc1C(C)C. The van der Waals surface area contributed by atoms with Crippen LogP contribution in [0.3, 0.4) is 0 Å². The summed E-state index contributed by atoms with van der Waals surface area (Å²) in [4.78, 5) is 0. The summed E-state index contributed by atoms with van der Waals surface area (Å²) in [7, 11) is 0. The lowest BCUT2D eigenvalue weighted by molar-refractivity contribution is 0.812. The molecule has 0 aliphatic carbocycles. The van der Waals surface area contributed by atoms with Crippen molar-refractivity contribution in [3.05, 3.63) is 153 Å². The molecule has 4 heterocycles. The number of aryl methyl sites for hydroxylation is 2. The molecule has 0 fully saturated rings. The van der Waals surface area contributed by atoms with E-state index >= 15 is 0 Å². The van der Waals surface area contributed by atoms with Crippen LogP contribution in [-0.4, -0.2) is 22.6 Å². The highest BCUT2D eigenvalue weighted by Crippen LogP contribution is 2.41. The highest BCUT2D eigenvalue weighted by Gasteiger charge is 2.43. The van der Waals surface area contributed by atoms with E-state index in [9.17, 15) is 0 Å². The molecule has 366 valence electrons. The van der Waals surface area contributed by atoms with E-state index in [1.165, 1.54) is 143 Å². The van der Waals surface area contributed by atoms with Gasteiger partial charge in [0.2, 0.25) is 13.4 Å². The van der Waals surface area contributed by atoms with Crippen LogP contribution in [0.15, 0.2) is 97.1 Å². The number of hydrogen-bond donors (Lipinski definition) is 0. The van der Waals surface area contributed by atoms with Gasteiger partial charge < -0.3 is 9.13 Å². The van der Waals surface area contributed by atoms with Gasteiger partial charge in [0, 0.05) is 44.0 Å². The Kier molecular flexibility index (Phi) is 11.8. The summed E-state index contributed by atoms with van der Waals surface area (Å²) in [6.07, 6.45) is 0. The first-order chi connectivity index (χ1) is 34.2. The summed E-state index contributed by atoms with van der Waals surface area (Å²) in [6.45, 7) is 43.1. The molecule has 2 aromatic heterocycles. The van der Waals surface area contributed by atoms with Gasteiger partial charge in [-0.2, -0.15) is 0 Å². The second-order valence-corrected chi connectivity index (χ2v) is 25.0. The van der Waals surface area contributed by atoms with Crippen molar-refractivity contribution in [2.75, 3.05) is 0 Å². The maximum atomic E-state index is 2.73. The van der Waals surface area contributed by atoms with Crippen LogP contribution in [0.4, 0.5) is 0 Å². The zero-order valence-corrected chi connectivity index (χ0v) is 46.9. The minimum Gasteiger partial charge on any atom is -0.310 e. The average molecular weight is 945 g/mol. The zero-order valence-electron chi connectivity index (χ0n) is 46.9. The first-order valence-corrected chi connectivity index (χ1v) is 27.9. The number of benzene rings is 7. The predicted octanol–water partition coefficient (Wildman–Crippen LogP) is 15.1. The molecule has 0 atom stereocenters. The lowest BCUT2D eigenvalue weighted by atomic mass is 9.31. The third-order valence-electron chi connectivity index (χ3n) is 17.3. The normalized spacial score (nSPS) is 13.5. The largest absolute Gasteiger partial charge is 0.310 e. The molecule has 0 saturated heterocycles. The van der Waals surface area contributed by atoms with E-state index < -0.39 is 0 Å². The Bertz CT molecular complexity index is 3390. The van der Waals surface area contributed by atoms with Crippen LogP contribution < -0.4 is 32.8 Å². The van der Waals surface area contributed by atoms with Crippen LogP contribution in [0.2, 0.25) is 0 Å². The number of fused-ring (bicyclic) bond motifs is 10. The Morgan fingerprint density at radius 3 is 0.903 bits per heavy atom. The van der Waals surface area contributed by atoms with Gasteiger partial charge in [0.1, 0.15) is 0 Å². The monoisotopic (exact) mass is 945 g/mol. The van der Waals surface area contributed by atoms with E-state index in [1.54, 1.807) is 0 Å². The molecule has 2 nitrogen and oxygen atoms in total. The topological polar surface area (TPSA) is 9.86 Å². The van der Waals surface area contributed by atoms with Gasteiger partial charge in [-0.25, -0.2) is 0 Å². The van der Waals surface area contributed by atoms with E-state index in [-0.39, 0.29) is 13.4 Å². The van der Waals surface area contributed by atoms with Crippen LogP contribution in [-0.2, 0) is 0 Å². The molecule has 9 aromatic rings. The smallest absolute Gasteiger partial charge is 0.247 e. The van der Waals surface area contributed by atoms with Crippen LogP contribution in [0.5, 0.6) is 0 Å². The van der Waals surface area contributed by atoms with E-state index in [0.717, 1.165) is 0 Å². The molecule has 7 aromatic carbocycles. The molecule has 0 amide bonds. The fourth-order valence-corrected chi connectivity index (χ4v) is 13.3. The summed E-state index contributed by atoms with van der Waals surface area (Å²) >= 11 is 0. The number of hydrogen-bond acceptors (Lipinski definition) is 0. The maximum absolute atomic E-state index is 2.73. The summed E-state index contributed by atoms with van der Waals surface area (Å²) in [5.74, 6) is 3.00. The predicted molar refractivity (Wildman–Crippen MR) is 320 cm³/mol. The Labute approximate surface area is 432 Å². The average Bonchev–Trinajstić information content (AvgIpc) is 3.83. The number of rotatable bonds is 10. The minimum atomic E-state index is 0.0194. The van der Waals surface area contributed by atoms with Crippen molar-refractivity contribution in [3.63, 3.8) is 0 Å².